The summed E-state index contributed by atoms with van der Waals surface area (Å²) in [5, 5.41) is 9.52. The van der Waals surface area contributed by atoms with Gasteiger partial charge in [-0.3, -0.25) is 9.89 Å². The number of carbonyl (C=O) groups is 1. The molecule has 0 spiro atoms. The third-order valence-corrected chi connectivity index (χ3v) is 4.29. The van der Waals surface area contributed by atoms with Crippen molar-refractivity contribution in [3.05, 3.63) is 64.3 Å². The van der Waals surface area contributed by atoms with Crippen LogP contribution in [0.4, 0.5) is 14.5 Å². The van der Waals surface area contributed by atoms with Crippen molar-refractivity contribution in [2.45, 2.75) is 6.92 Å². The number of nitrogens with one attached hydrogen (secondary N) is 3. The number of nitrogens with zero attached hydrogens (tertiary/aromatic N) is 2. The lowest BCUT2D eigenvalue weighted by atomic mass is 10.2. The quantitative estimate of drug-likeness (QED) is 0.485. The van der Waals surface area contributed by atoms with Gasteiger partial charge in [-0.05, 0) is 36.8 Å². The first kappa shape index (κ1) is 17.2. The molecule has 4 aromatic rings. The first-order chi connectivity index (χ1) is 12.9. The number of carbonyl (C=O) groups excluding carboxylic acids is 1. The third-order valence-electron chi connectivity index (χ3n) is 4.00. The number of imidazole rings is 1. The van der Waals surface area contributed by atoms with Crippen molar-refractivity contribution in [3.8, 4) is 11.5 Å². The first-order valence-corrected chi connectivity index (χ1v) is 8.27. The summed E-state index contributed by atoms with van der Waals surface area (Å²) in [5.74, 6) is -2.47. The number of H-pyrrole nitrogens is 2. The van der Waals surface area contributed by atoms with Gasteiger partial charge in [0.1, 0.15) is 28.4 Å². The Labute approximate surface area is 156 Å². The van der Waals surface area contributed by atoms with Crippen LogP contribution in [0.5, 0.6) is 0 Å². The average Bonchev–Trinajstić information content (AvgIpc) is 3.21. The molecule has 2 aromatic heterocycles. The molecule has 0 atom stereocenters. The normalized spacial score (nSPS) is 11.1. The smallest absolute Gasteiger partial charge is 0.261 e. The lowest BCUT2D eigenvalue weighted by Crippen LogP contribution is -2.16. The summed E-state index contributed by atoms with van der Waals surface area (Å²) in [4.78, 5) is 19.8. The number of fused-ring (bicyclic) bond motifs is 1. The molecule has 0 radical (unpaired) electrons. The van der Waals surface area contributed by atoms with Gasteiger partial charge in [-0.2, -0.15) is 5.10 Å². The van der Waals surface area contributed by atoms with E-state index >= 15 is 0 Å². The van der Waals surface area contributed by atoms with Crippen molar-refractivity contribution in [1.82, 2.24) is 20.2 Å². The summed E-state index contributed by atoms with van der Waals surface area (Å²) >= 11 is 6.21. The van der Waals surface area contributed by atoms with E-state index in [2.05, 4.69) is 25.5 Å². The number of hydrogen-bond donors (Lipinski definition) is 3. The minimum atomic E-state index is -0.955. The number of anilines is 1. The molecule has 0 aliphatic heterocycles. The Hall–Kier alpha value is -3.26. The number of aryl methyl sites for hydroxylation is 1. The summed E-state index contributed by atoms with van der Waals surface area (Å²) in [7, 11) is 0. The molecule has 27 heavy (non-hydrogen) atoms. The van der Waals surface area contributed by atoms with E-state index in [9.17, 15) is 13.6 Å². The Balaban J connectivity index is 1.72. The van der Waals surface area contributed by atoms with E-state index < -0.39 is 23.1 Å². The molecule has 6 nitrogen and oxygen atoms in total. The molecular weight excluding hydrogens is 376 g/mol. The van der Waals surface area contributed by atoms with Crippen LogP contribution in [-0.4, -0.2) is 26.1 Å². The molecule has 0 aliphatic rings. The van der Waals surface area contributed by atoms with E-state index in [0.717, 1.165) is 17.7 Å². The predicted octanol–water partition coefficient (Wildman–Crippen LogP) is 4.45. The van der Waals surface area contributed by atoms with E-state index in [1.54, 1.807) is 6.07 Å². The highest BCUT2D eigenvalue weighted by Gasteiger charge is 2.20. The lowest BCUT2D eigenvalue weighted by molar-refractivity contribution is 0.101. The fourth-order valence-corrected chi connectivity index (χ4v) is 3.11. The lowest BCUT2D eigenvalue weighted by Gasteiger charge is -2.06. The Morgan fingerprint density at radius 3 is 2.70 bits per heavy atom. The van der Waals surface area contributed by atoms with Crippen LogP contribution >= 0.6 is 11.6 Å². The zero-order chi connectivity index (χ0) is 19.1. The number of aromatic amines is 2. The number of rotatable bonds is 3. The van der Waals surface area contributed by atoms with Gasteiger partial charge in [-0.25, -0.2) is 13.8 Å². The number of benzene rings is 2. The van der Waals surface area contributed by atoms with Gasteiger partial charge in [0.2, 0.25) is 0 Å². The Morgan fingerprint density at radius 1 is 1.22 bits per heavy atom. The Bertz CT molecular complexity index is 1160. The molecule has 0 aliphatic carbocycles. The Kier molecular flexibility index (Phi) is 4.12. The molecule has 0 bridgehead atoms. The highest BCUT2D eigenvalue weighted by Crippen LogP contribution is 2.29. The standard InChI is InChI=1S/C18H12ClF2N5O/c1-8-5-9(19)15-12(6-8)23-17(25-15)16-13(7-22-26-16)24-18(27)14-10(20)3-2-4-11(14)21/h2-7H,1H3,(H,22,26)(H,23,25)(H,24,27). The molecule has 0 fully saturated rings. The zero-order valence-electron chi connectivity index (χ0n) is 13.9. The number of aromatic nitrogens is 4. The second kappa shape index (κ2) is 6.48. The van der Waals surface area contributed by atoms with Gasteiger partial charge >= 0.3 is 0 Å². The van der Waals surface area contributed by atoms with Crippen LogP contribution in [-0.2, 0) is 0 Å². The van der Waals surface area contributed by atoms with Crippen LogP contribution in [0.2, 0.25) is 5.02 Å². The van der Waals surface area contributed by atoms with Crippen LogP contribution in [0.3, 0.4) is 0 Å². The number of halogens is 3. The highest BCUT2D eigenvalue weighted by molar-refractivity contribution is 6.35. The summed E-state index contributed by atoms with van der Waals surface area (Å²) in [6.45, 7) is 1.90. The van der Waals surface area contributed by atoms with Crippen LogP contribution in [0, 0.1) is 18.6 Å². The van der Waals surface area contributed by atoms with E-state index in [0.29, 0.717) is 27.6 Å². The molecule has 0 saturated heterocycles. The zero-order valence-corrected chi connectivity index (χ0v) is 14.7. The van der Waals surface area contributed by atoms with Gasteiger partial charge in [0.15, 0.2) is 5.82 Å². The van der Waals surface area contributed by atoms with E-state index in [-0.39, 0.29) is 5.69 Å². The van der Waals surface area contributed by atoms with Gasteiger partial charge in [0.05, 0.1) is 22.4 Å². The topological polar surface area (TPSA) is 86.5 Å². The molecule has 3 N–H and O–H groups in total. The van der Waals surface area contributed by atoms with E-state index in [1.807, 2.05) is 13.0 Å². The van der Waals surface area contributed by atoms with Crippen molar-refractivity contribution in [2.24, 2.45) is 0 Å². The SMILES string of the molecule is Cc1cc(Cl)c2nc(-c3[nH]ncc3NC(=O)c3c(F)cccc3F)[nH]c2c1. The van der Waals surface area contributed by atoms with Crippen LogP contribution in [0.15, 0.2) is 36.5 Å². The number of amides is 1. The maximum atomic E-state index is 13.8. The fourth-order valence-electron chi connectivity index (χ4n) is 2.79. The minimum Gasteiger partial charge on any atom is -0.337 e. The summed E-state index contributed by atoms with van der Waals surface area (Å²) in [6.07, 6.45) is 1.33. The van der Waals surface area contributed by atoms with Crippen molar-refractivity contribution in [2.75, 3.05) is 5.32 Å². The molecule has 2 aromatic carbocycles. The third kappa shape index (κ3) is 3.04. The highest BCUT2D eigenvalue weighted by atomic mass is 35.5. The molecule has 1 amide bonds. The van der Waals surface area contributed by atoms with Crippen molar-refractivity contribution in [1.29, 1.82) is 0 Å². The second-order valence-electron chi connectivity index (χ2n) is 5.94. The fraction of sp³-hybridized carbons (Fsp3) is 0.0556. The van der Waals surface area contributed by atoms with Crippen LogP contribution < -0.4 is 5.32 Å². The summed E-state index contributed by atoms with van der Waals surface area (Å²) in [5.41, 5.74) is 2.12. The molecule has 136 valence electrons. The summed E-state index contributed by atoms with van der Waals surface area (Å²) in [6, 6.07) is 6.87. The molecule has 0 unspecified atom stereocenters. The molecule has 2 heterocycles. The van der Waals surface area contributed by atoms with E-state index in [4.69, 9.17) is 11.6 Å². The molecule has 9 heteroatoms. The predicted molar refractivity (Wildman–Crippen MR) is 97.7 cm³/mol. The largest absolute Gasteiger partial charge is 0.337 e. The van der Waals surface area contributed by atoms with Gasteiger partial charge in [0.25, 0.3) is 5.91 Å². The maximum absolute atomic E-state index is 13.8. The molecular formula is C18H12ClF2N5O. The molecule has 0 saturated carbocycles. The van der Waals surface area contributed by atoms with Gasteiger partial charge in [0, 0.05) is 0 Å². The monoisotopic (exact) mass is 387 g/mol. The Morgan fingerprint density at radius 2 is 1.96 bits per heavy atom. The van der Waals surface area contributed by atoms with Gasteiger partial charge in [-0.15, -0.1) is 0 Å². The van der Waals surface area contributed by atoms with Crippen molar-refractivity contribution >= 4 is 34.2 Å². The average molecular weight is 388 g/mol. The van der Waals surface area contributed by atoms with Gasteiger partial charge in [-0.1, -0.05) is 17.7 Å². The minimum absolute atomic E-state index is 0.217. The number of hydrogen-bond acceptors (Lipinski definition) is 3. The van der Waals surface area contributed by atoms with Crippen molar-refractivity contribution < 1.29 is 13.6 Å². The molecule has 4 rings (SSSR count). The van der Waals surface area contributed by atoms with Crippen LogP contribution in [0.1, 0.15) is 15.9 Å². The van der Waals surface area contributed by atoms with Gasteiger partial charge < -0.3 is 10.3 Å². The maximum Gasteiger partial charge on any atom is 0.261 e. The second-order valence-corrected chi connectivity index (χ2v) is 6.34. The first-order valence-electron chi connectivity index (χ1n) is 7.89. The van der Waals surface area contributed by atoms with Crippen LogP contribution in [0.25, 0.3) is 22.6 Å². The van der Waals surface area contributed by atoms with E-state index in [1.165, 1.54) is 12.3 Å². The van der Waals surface area contributed by atoms with Crippen molar-refractivity contribution in [3.63, 3.8) is 0 Å². The summed E-state index contributed by atoms with van der Waals surface area (Å²) < 4.78 is 27.6.